The van der Waals surface area contributed by atoms with Gasteiger partial charge in [0.05, 0.1) is 5.60 Å². The molecule has 2 rings (SSSR count). The third kappa shape index (κ3) is 3.16. The molecule has 5 heteroatoms. The van der Waals surface area contributed by atoms with E-state index in [0.717, 1.165) is 17.1 Å². The number of ether oxygens (including phenoxy) is 3. The van der Waals surface area contributed by atoms with E-state index in [4.69, 9.17) is 14.2 Å². The summed E-state index contributed by atoms with van der Waals surface area (Å²) in [5, 5.41) is 13.4. The molecule has 1 aliphatic rings. The van der Waals surface area contributed by atoms with Gasteiger partial charge in [0.1, 0.15) is 12.4 Å². The normalized spacial score (nSPS) is 13.6. The maximum absolute atomic E-state index is 10.3. The molecule has 1 heterocycles. The molecule has 0 aromatic heterocycles. The summed E-state index contributed by atoms with van der Waals surface area (Å²) in [5.41, 5.74) is 0.208. The van der Waals surface area contributed by atoms with Crippen LogP contribution in [0.2, 0.25) is 0 Å². The first-order chi connectivity index (χ1) is 9.61. The molecule has 5 nitrogen and oxygen atoms in total. The average molecular weight is 281 g/mol. The van der Waals surface area contributed by atoms with Crippen molar-refractivity contribution in [1.82, 2.24) is 5.32 Å². The van der Waals surface area contributed by atoms with Gasteiger partial charge in [-0.05, 0) is 26.0 Å². The fourth-order valence-corrected chi connectivity index (χ4v) is 2.09. The number of hydrogen-bond donors (Lipinski definition) is 2. The minimum atomic E-state index is -0.784. The maximum Gasteiger partial charge on any atom is 0.231 e. The van der Waals surface area contributed by atoms with E-state index in [0.29, 0.717) is 25.1 Å². The Morgan fingerprint density at radius 2 is 1.90 bits per heavy atom. The molecular weight excluding hydrogens is 258 g/mol. The lowest BCUT2D eigenvalue weighted by Gasteiger charge is -2.25. The zero-order valence-electron chi connectivity index (χ0n) is 12.4. The zero-order chi connectivity index (χ0) is 14.6. The molecule has 1 aromatic rings. The van der Waals surface area contributed by atoms with Gasteiger partial charge in [-0.2, -0.15) is 0 Å². The van der Waals surface area contributed by atoms with Crippen molar-refractivity contribution >= 4 is 0 Å². The number of rotatable bonds is 7. The van der Waals surface area contributed by atoms with Crippen LogP contribution in [-0.4, -0.2) is 31.2 Å². The van der Waals surface area contributed by atoms with Crippen LogP contribution in [0.4, 0.5) is 0 Å². The molecule has 2 N–H and O–H groups in total. The van der Waals surface area contributed by atoms with Crippen LogP contribution >= 0.6 is 0 Å². The van der Waals surface area contributed by atoms with Crippen LogP contribution in [0.15, 0.2) is 12.1 Å². The van der Waals surface area contributed by atoms with Crippen LogP contribution in [0.1, 0.15) is 32.3 Å². The highest BCUT2D eigenvalue weighted by molar-refractivity contribution is 5.51. The first kappa shape index (κ1) is 14.9. The van der Waals surface area contributed by atoms with Crippen molar-refractivity contribution in [3.63, 3.8) is 0 Å². The minimum absolute atomic E-state index is 0.242. The predicted molar refractivity (Wildman–Crippen MR) is 76.4 cm³/mol. The summed E-state index contributed by atoms with van der Waals surface area (Å²) in [6.45, 7) is 5.10. The van der Waals surface area contributed by atoms with Crippen molar-refractivity contribution in [2.75, 3.05) is 20.4 Å². The Kier molecular flexibility index (Phi) is 4.73. The summed E-state index contributed by atoms with van der Waals surface area (Å²) in [6.07, 6.45) is 1.32. The summed E-state index contributed by atoms with van der Waals surface area (Å²) in [7, 11) is 1.88. The Hall–Kier alpha value is -1.46. The van der Waals surface area contributed by atoms with E-state index in [1.165, 1.54) is 0 Å². The second-order valence-electron chi connectivity index (χ2n) is 5.06. The van der Waals surface area contributed by atoms with Crippen LogP contribution in [0, 0.1) is 0 Å². The fourth-order valence-electron chi connectivity index (χ4n) is 2.09. The first-order valence-electron chi connectivity index (χ1n) is 7.04. The molecule has 20 heavy (non-hydrogen) atoms. The third-order valence-corrected chi connectivity index (χ3v) is 3.74. The van der Waals surface area contributed by atoms with Crippen LogP contribution in [0.5, 0.6) is 17.2 Å². The van der Waals surface area contributed by atoms with E-state index in [9.17, 15) is 5.11 Å². The number of hydrogen-bond acceptors (Lipinski definition) is 5. The van der Waals surface area contributed by atoms with Gasteiger partial charge in [0.25, 0.3) is 0 Å². The van der Waals surface area contributed by atoms with Crippen LogP contribution in [-0.2, 0) is 6.54 Å². The number of fused-ring (bicyclic) bond motifs is 1. The SMILES string of the molecule is CCC(O)(CC)COc1cc2c(cc1CNC)OCO2. The van der Waals surface area contributed by atoms with Gasteiger partial charge in [-0.1, -0.05) is 13.8 Å². The molecule has 0 amide bonds. The Labute approximate surface area is 119 Å². The molecule has 0 aliphatic carbocycles. The van der Waals surface area contributed by atoms with Crippen LogP contribution < -0.4 is 19.5 Å². The Morgan fingerprint density at radius 3 is 2.50 bits per heavy atom. The summed E-state index contributed by atoms with van der Waals surface area (Å²) in [6, 6.07) is 3.76. The number of benzene rings is 1. The van der Waals surface area contributed by atoms with Crippen molar-refractivity contribution in [3.05, 3.63) is 17.7 Å². The predicted octanol–water partition coefficient (Wildman–Crippen LogP) is 2.06. The molecule has 1 aliphatic heterocycles. The standard InChI is InChI=1S/C15H23NO4/c1-4-15(17,5-2)9-18-12-7-14-13(19-10-20-14)6-11(12)8-16-3/h6-7,16-17H,4-5,8-10H2,1-3H3. The minimum Gasteiger partial charge on any atom is -0.490 e. The zero-order valence-corrected chi connectivity index (χ0v) is 12.4. The number of aliphatic hydroxyl groups is 1. The highest BCUT2D eigenvalue weighted by Gasteiger charge is 2.25. The molecule has 0 fully saturated rings. The average Bonchev–Trinajstić information content (AvgIpc) is 2.92. The van der Waals surface area contributed by atoms with E-state index in [2.05, 4.69) is 5.32 Å². The van der Waals surface area contributed by atoms with Crippen molar-refractivity contribution in [3.8, 4) is 17.2 Å². The van der Waals surface area contributed by atoms with Gasteiger partial charge in [0.2, 0.25) is 6.79 Å². The summed E-state index contributed by atoms with van der Waals surface area (Å²) < 4.78 is 16.6. The topological polar surface area (TPSA) is 60.0 Å². The van der Waals surface area contributed by atoms with E-state index in [1.54, 1.807) is 0 Å². The van der Waals surface area contributed by atoms with Crippen molar-refractivity contribution in [2.24, 2.45) is 0 Å². The quantitative estimate of drug-likeness (QED) is 0.801. The summed E-state index contributed by atoms with van der Waals surface area (Å²) in [4.78, 5) is 0. The smallest absolute Gasteiger partial charge is 0.231 e. The molecule has 0 saturated carbocycles. The van der Waals surface area contributed by atoms with Crippen molar-refractivity contribution < 1.29 is 19.3 Å². The van der Waals surface area contributed by atoms with Gasteiger partial charge in [-0.25, -0.2) is 0 Å². The lowest BCUT2D eigenvalue weighted by molar-refractivity contribution is -0.0116. The molecule has 0 bridgehead atoms. The first-order valence-corrected chi connectivity index (χ1v) is 7.04. The van der Waals surface area contributed by atoms with E-state index < -0.39 is 5.60 Å². The van der Waals surface area contributed by atoms with Crippen LogP contribution in [0.25, 0.3) is 0 Å². The molecule has 0 spiro atoms. The Bertz CT molecular complexity index is 457. The molecule has 0 radical (unpaired) electrons. The molecule has 0 unspecified atom stereocenters. The molecule has 1 aromatic carbocycles. The third-order valence-electron chi connectivity index (χ3n) is 3.74. The summed E-state index contributed by atoms with van der Waals surface area (Å²) in [5.74, 6) is 2.16. The largest absolute Gasteiger partial charge is 0.490 e. The fraction of sp³-hybridized carbons (Fsp3) is 0.600. The molecule has 0 saturated heterocycles. The van der Waals surface area contributed by atoms with Gasteiger partial charge >= 0.3 is 0 Å². The number of nitrogens with one attached hydrogen (secondary N) is 1. The van der Waals surface area contributed by atoms with Crippen LogP contribution in [0.3, 0.4) is 0 Å². The van der Waals surface area contributed by atoms with Gasteiger partial charge in [0, 0.05) is 18.2 Å². The Morgan fingerprint density at radius 1 is 1.25 bits per heavy atom. The molecule has 0 atom stereocenters. The lowest BCUT2D eigenvalue weighted by atomic mass is 9.99. The highest BCUT2D eigenvalue weighted by atomic mass is 16.7. The monoisotopic (exact) mass is 281 g/mol. The van der Waals surface area contributed by atoms with Gasteiger partial charge < -0.3 is 24.6 Å². The molecular formula is C15H23NO4. The van der Waals surface area contributed by atoms with Gasteiger partial charge in [-0.3, -0.25) is 0 Å². The Balaban J connectivity index is 2.17. The highest BCUT2D eigenvalue weighted by Crippen LogP contribution is 2.38. The van der Waals surface area contributed by atoms with E-state index in [1.807, 2.05) is 33.0 Å². The van der Waals surface area contributed by atoms with Crippen molar-refractivity contribution in [2.45, 2.75) is 38.8 Å². The summed E-state index contributed by atoms with van der Waals surface area (Å²) >= 11 is 0. The van der Waals surface area contributed by atoms with Crippen molar-refractivity contribution in [1.29, 1.82) is 0 Å². The second-order valence-corrected chi connectivity index (χ2v) is 5.06. The van der Waals surface area contributed by atoms with E-state index >= 15 is 0 Å². The lowest BCUT2D eigenvalue weighted by Crippen LogP contribution is -2.34. The maximum atomic E-state index is 10.3. The van der Waals surface area contributed by atoms with Gasteiger partial charge in [-0.15, -0.1) is 0 Å². The van der Waals surface area contributed by atoms with E-state index in [-0.39, 0.29) is 13.4 Å². The molecule has 112 valence electrons. The van der Waals surface area contributed by atoms with Gasteiger partial charge in [0.15, 0.2) is 11.5 Å². The second kappa shape index (κ2) is 6.33.